The van der Waals surface area contributed by atoms with Crippen LogP contribution < -0.4 is 4.74 Å². The maximum absolute atomic E-state index is 11.2. The number of likely N-dealkylation sites (N-methyl/N-ethyl adjacent to an activating group) is 1. The number of hydrogen-bond acceptors (Lipinski definition) is 3. The second kappa shape index (κ2) is 6.80. The van der Waals surface area contributed by atoms with Gasteiger partial charge in [0.2, 0.25) is 0 Å². The Kier molecular flexibility index (Phi) is 5.28. The lowest BCUT2D eigenvalue weighted by Gasteiger charge is -2.42. The number of hydrogen-bond donors (Lipinski definition) is 1. The van der Waals surface area contributed by atoms with Crippen molar-refractivity contribution in [3.63, 3.8) is 0 Å². The first-order valence-corrected chi connectivity index (χ1v) is 7.95. The third-order valence-corrected chi connectivity index (χ3v) is 4.85. The molecule has 118 valence electrons. The van der Waals surface area contributed by atoms with Crippen LogP contribution >= 0.6 is 0 Å². The first kappa shape index (κ1) is 16.3. The van der Waals surface area contributed by atoms with Gasteiger partial charge in [0.25, 0.3) is 0 Å². The van der Waals surface area contributed by atoms with Crippen molar-refractivity contribution < 1.29 is 9.84 Å². The Labute approximate surface area is 128 Å². The molecule has 1 fully saturated rings. The van der Waals surface area contributed by atoms with E-state index in [1.165, 1.54) is 5.56 Å². The van der Waals surface area contributed by atoms with E-state index >= 15 is 0 Å². The quantitative estimate of drug-likeness (QED) is 0.903. The van der Waals surface area contributed by atoms with E-state index in [-0.39, 0.29) is 5.92 Å². The van der Waals surface area contributed by atoms with Crippen LogP contribution in [-0.4, -0.2) is 43.4 Å². The van der Waals surface area contributed by atoms with Crippen molar-refractivity contribution in [2.24, 2.45) is 5.92 Å². The summed E-state index contributed by atoms with van der Waals surface area (Å²) in [7, 11) is 5.83. The van der Waals surface area contributed by atoms with Crippen LogP contribution in [0.1, 0.15) is 44.1 Å². The lowest BCUT2D eigenvalue weighted by Crippen LogP contribution is -2.43. The van der Waals surface area contributed by atoms with Gasteiger partial charge in [-0.1, -0.05) is 19.1 Å². The number of ether oxygens (including phenoxy) is 1. The van der Waals surface area contributed by atoms with Gasteiger partial charge < -0.3 is 14.7 Å². The molecule has 0 bridgehead atoms. The number of methoxy groups -OCH3 is 1. The third kappa shape index (κ3) is 3.98. The van der Waals surface area contributed by atoms with Crippen molar-refractivity contribution in [1.82, 2.24) is 4.90 Å². The molecule has 0 unspecified atom stereocenters. The van der Waals surface area contributed by atoms with Gasteiger partial charge in [0.05, 0.1) is 12.7 Å². The molecule has 3 nitrogen and oxygen atoms in total. The highest BCUT2D eigenvalue weighted by atomic mass is 16.5. The summed E-state index contributed by atoms with van der Waals surface area (Å²) in [5.41, 5.74) is 0.632. The van der Waals surface area contributed by atoms with Crippen molar-refractivity contribution in [2.45, 2.75) is 44.1 Å². The van der Waals surface area contributed by atoms with Crippen LogP contribution in [0.15, 0.2) is 24.3 Å². The summed E-state index contributed by atoms with van der Waals surface area (Å²) in [4.78, 5) is 2.17. The number of rotatable bonds is 5. The molecule has 1 atom stereocenters. The van der Waals surface area contributed by atoms with E-state index in [4.69, 9.17) is 4.74 Å². The molecule has 0 aromatic heterocycles. The maximum Gasteiger partial charge on any atom is 0.118 e. The van der Waals surface area contributed by atoms with Crippen molar-refractivity contribution >= 4 is 0 Å². The minimum Gasteiger partial charge on any atom is -0.497 e. The summed E-state index contributed by atoms with van der Waals surface area (Å²) in [6.07, 6.45) is 4.05. The molecule has 21 heavy (non-hydrogen) atoms. The zero-order valence-electron chi connectivity index (χ0n) is 13.8. The normalized spacial score (nSPS) is 27.6. The fourth-order valence-electron chi connectivity index (χ4n) is 3.40. The molecule has 2 rings (SSSR count). The molecule has 0 amide bonds. The molecule has 3 heteroatoms. The summed E-state index contributed by atoms with van der Waals surface area (Å²) in [5.74, 6) is 1.76. The van der Waals surface area contributed by atoms with Gasteiger partial charge in [-0.2, -0.15) is 0 Å². The monoisotopic (exact) mass is 291 g/mol. The minimum atomic E-state index is -0.578. The lowest BCUT2D eigenvalue weighted by atomic mass is 9.70. The Morgan fingerprint density at radius 1 is 1.24 bits per heavy atom. The molecule has 1 aliphatic rings. The molecule has 1 saturated carbocycles. The first-order valence-electron chi connectivity index (χ1n) is 7.95. The van der Waals surface area contributed by atoms with Crippen LogP contribution in [0.4, 0.5) is 0 Å². The molecular formula is C18H29NO2. The van der Waals surface area contributed by atoms with Crippen LogP contribution in [0.2, 0.25) is 0 Å². The maximum atomic E-state index is 11.2. The van der Waals surface area contributed by atoms with Gasteiger partial charge in [0.15, 0.2) is 0 Å². The standard InChI is InChI=1S/C18H29NO2/c1-14-9-11-18(20,12-10-14)17(13-19(2)3)15-5-7-16(21-4)8-6-15/h5-8,14,17,20H,9-13H2,1-4H3/t14?,17-,18?/m0/s1. The molecule has 1 aromatic rings. The Bertz CT molecular complexity index is 433. The summed E-state index contributed by atoms with van der Waals surface area (Å²) in [5, 5.41) is 11.2. The van der Waals surface area contributed by atoms with E-state index in [1.807, 2.05) is 12.1 Å². The van der Waals surface area contributed by atoms with Gasteiger partial charge in [0, 0.05) is 12.5 Å². The fourth-order valence-corrected chi connectivity index (χ4v) is 3.40. The molecule has 0 heterocycles. The number of aliphatic hydroxyl groups is 1. The molecule has 1 aliphatic carbocycles. The smallest absolute Gasteiger partial charge is 0.118 e. The van der Waals surface area contributed by atoms with Crippen molar-refractivity contribution in [2.75, 3.05) is 27.7 Å². The Hall–Kier alpha value is -1.06. The summed E-state index contributed by atoms with van der Waals surface area (Å²) >= 11 is 0. The van der Waals surface area contributed by atoms with Gasteiger partial charge in [-0.25, -0.2) is 0 Å². The van der Waals surface area contributed by atoms with Crippen LogP contribution in [-0.2, 0) is 0 Å². The zero-order chi connectivity index (χ0) is 15.5. The van der Waals surface area contributed by atoms with Gasteiger partial charge in [-0.3, -0.25) is 0 Å². The predicted molar refractivity (Wildman–Crippen MR) is 86.9 cm³/mol. The van der Waals surface area contributed by atoms with Gasteiger partial charge in [-0.05, 0) is 63.4 Å². The van der Waals surface area contributed by atoms with E-state index in [9.17, 15) is 5.11 Å². The highest BCUT2D eigenvalue weighted by Gasteiger charge is 2.40. The van der Waals surface area contributed by atoms with Gasteiger partial charge >= 0.3 is 0 Å². The van der Waals surface area contributed by atoms with Crippen molar-refractivity contribution in [3.05, 3.63) is 29.8 Å². The molecule has 1 N–H and O–H groups in total. The van der Waals surface area contributed by atoms with E-state index in [0.717, 1.165) is 43.9 Å². The topological polar surface area (TPSA) is 32.7 Å². The fraction of sp³-hybridized carbons (Fsp3) is 0.667. The summed E-state index contributed by atoms with van der Waals surface area (Å²) in [6, 6.07) is 8.19. The van der Waals surface area contributed by atoms with Crippen LogP contribution in [0.3, 0.4) is 0 Å². The van der Waals surface area contributed by atoms with Crippen LogP contribution in [0.5, 0.6) is 5.75 Å². The van der Waals surface area contributed by atoms with Crippen molar-refractivity contribution in [1.29, 1.82) is 0 Å². The third-order valence-electron chi connectivity index (χ3n) is 4.85. The largest absolute Gasteiger partial charge is 0.497 e. The number of benzene rings is 1. The van der Waals surface area contributed by atoms with E-state index < -0.39 is 5.60 Å². The Morgan fingerprint density at radius 3 is 2.29 bits per heavy atom. The van der Waals surface area contributed by atoms with E-state index in [2.05, 4.69) is 38.1 Å². The number of nitrogens with zero attached hydrogens (tertiary/aromatic N) is 1. The summed E-state index contributed by atoms with van der Waals surface area (Å²) < 4.78 is 5.24. The molecule has 0 radical (unpaired) electrons. The average molecular weight is 291 g/mol. The second-order valence-electron chi connectivity index (χ2n) is 6.87. The van der Waals surface area contributed by atoms with E-state index in [0.29, 0.717) is 0 Å². The van der Waals surface area contributed by atoms with Gasteiger partial charge in [0.1, 0.15) is 5.75 Å². The predicted octanol–water partition coefficient (Wildman–Crippen LogP) is 3.28. The van der Waals surface area contributed by atoms with Gasteiger partial charge in [-0.15, -0.1) is 0 Å². The molecule has 0 spiro atoms. The van der Waals surface area contributed by atoms with E-state index in [1.54, 1.807) is 7.11 Å². The van der Waals surface area contributed by atoms with Crippen LogP contribution in [0.25, 0.3) is 0 Å². The minimum absolute atomic E-state index is 0.158. The van der Waals surface area contributed by atoms with Crippen molar-refractivity contribution in [3.8, 4) is 5.75 Å². The highest BCUT2D eigenvalue weighted by Crippen LogP contribution is 2.42. The SMILES string of the molecule is COc1ccc([C@H](CN(C)C)C2(O)CCC(C)CC2)cc1. The lowest BCUT2D eigenvalue weighted by molar-refractivity contribution is -0.0371. The summed E-state index contributed by atoms with van der Waals surface area (Å²) in [6.45, 7) is 3.16. The average Bonchev–Trinajstić information content (AvgIpc) is 2.48. The molecule has 0 aliphatic heterocycles. The zero-order valence-corrected chi connectivity index (χ0v) is 13.8. The highest BCUT2D eigenvalue weighted by molar-refractivity contribution is 5.31. The Balaban J connectivity index is 2.24. The second-order valence-corrected chi connectivity index (χ2v) is 6.87. The molecule has 1 aromatic carbocycles. The Morgan fingerprint density at radius 2 is 1.81 bits per heavy atom. The molecule has 0 saturated heterocycles. The molecular weight excluding hydrogens is 262 g/mol. The van der Waals surface area contributed by atoms with Crippen LogP contribution in [0, 0.1) is 5.92 Å². The first-order chi connectivity index (χ1) is 9.94.